The van der Waals surface area contributed by atoms with Crippen LogP contribution in [-0.2, 0) is 0 Å². The summed E-state index contributed by atoms with van der Waals surface area (Å²) in [6.07, 6.45) is 1.22. The Balaban J connectivity index is 2.47. The van der Waals surface area contributed by atoms with Gasteiger partial charge in [0, 0.05) is 5.56 Å². The number of carbonyl (C=O) groups is 2. The third kappa shape index (κ3) is 1.82. The molecule has 0 saturated heterocycles. The summed E-state index contributed by atoms with van der Waals surface area (Å²) >= 11 is 0. The van der Waals surface area contributed by atoms with Gasteiger partial charge in [0.1, 0.15) is 12.4 Å². The number of rotatable bonds is 2. The van der Waals surface area contributed by atoms with Gasteiger partial charge in [0.25, 0.3) is 5.91 Å². The van der Waals surface area contributed by atoms with Crippen LogP contribution in [0.25, 0.3) is 0 Å². The number of amides is 1. The fourth-order valence-electron chi connectivity index (χ4n) is 1.53. The molecule has 82 valence electrons. The zero-order valence-corrected chi connectivity index (χ0v) is 8.66. The summed E-state index contributed by atoms with van der Waals surface area (Å²) < 4.78 is 5.37. The molecule has 0 atom stereocenters. The average molecular weight is 217 g/mol. The first-order chi connectivity index (χ1) is 7.72. The van der Waals surface area contributed by atoms with Gasteiger partial charge in [-0.3, -0.25) is 9.59 Å². The highest BCUT2D eigenvalue weighted by atomic mass is 16.5. The average Bonchev–Trinajstić information content (AvgIpc) is 2.50. The van der Waals surface area contributed by atoms with Crippen LogP contribution in [0.15, 0.2) is 30.9 Å². The molecule has 0 aromatic heterocycles. The van der Waals surface area contributed by atoms with E-state index < -0.39 is 0 Å². The second-order valence-corrected chi connectivity index (χ2v) is 3.38. The molecule has 1 aliphatic heterocycles. The molecule has 0 bridgehead atoms. The van der Waals surface area contributed by atoms with Gasteiger partial charge in [0.2, 0.25) is 0 Å². The van der Waals surface area contributed by atoms with Gasteiger partial charge in [0.15, 0.2) is 5.78 Å². The molecule has 0 saturated carbocycles. The monoisotopic (exact) mass is 217 g/mol. The Kier molecular flexibility index (Phi) is 2.72. The summed E-state index contributed by atoms with van der Waals surface area (Å²) in [6, 6.07) is 4.79. The Hall–Kier alpha value is -2.10. The topological polar surface area (TPSA) is 55.4 Å². The molecule has 4 nitrogen and oxygen atoms in total. The highest BCUT2D eigenvalue weighted by Gasteiger charge is 2.17. The minimum Gasteiger partial charge on any atom is -0.491 e. The van der Waals surface area contributed by atoms with Crippen molar-refractivity contribution < 1.29 is 14.3 Å². The number of hydrogen-bond donors (Lipinski definition) is 1. The molecule has 1 N–H and O–H groups in total. The van der Waals surface area contributed by atoms with Crippen molar-refractivity contribution in [3.05, 3.63) is 42.0 Å². The van der Waals surface area contributed by atoms with E-state index >= 15 is 0 Å². The van der Waals surface area contributed by atoms with E-state index in [0.29, 0.717) is 30.0 Å². The van der Waals surface area contributed by atoms with Crippen LogP contribution in [0.4, 0.5) is 0 Å². The molecule has 1 aromatic carbocycles. The molecule has 1 aromatic rings. The lowest BCUT2D eigenvalue weighted by atomic mass is 10.1. The van der Waals surface area contributed by atoms with E-state index in [-0.39, 0.29) is 11.7 Å². The maximum Gasteiger partial charge on any atom is 0.255 e. The summed E-state index contributed by atoms with van der Waals surface area (Å²) in [5.74, 6) is 0.0849. The van der Waals surface area contributed by atoms with E-state index in [9.17, 15) is 9.59 Å². The zero-order chi connectivity index (χ0) is 11.5. The van der Waals surface area contributed by atoms with Gasteiger partial charge in [-0.05, 0) is 24.3 Å². The van der Waals surface area contributed by atoms with E-state index in [0.717, 1.165) is 0 Å². The SMILES string of the molecule is C=CC(=O)c1ccc2c(c1)C(=O)NCCO2. The smallest absolute Gasteiger partial charge is 0.255 e. The van der Waals surface area contributed by atoms with Crippen LogP contribution in [-0.4, -0.2) is 24.8 Å². The Morgan fingerprint density at radius 1 is 1.50 bits per heavy atom. The number of fused-ring (bicyclic) bond motifs is 1. The minimum atomic E-state index is -0.216. The van der Waals surface area contributed by atoms with Crippen molar-refractivity contribution in [1.29, 1.82) is 0 Å². The van der Waals surface area contributed by atoms with Crippen molar-refractivity contribution in [3.8, 4) is 5.75 Å². The van der Waals surface area contributed by atoms with Gasteiger partial charge in [-0.25, -0.2) is 0 Å². The van der Waals surface area contributed by atoms with E-state index in [4.69, 9.17) is 4.74 Å². The molecule has 0 spiro atoms. The fraction of sp³-hybridized carbons (Fsp3) is 0.167. The van der Waals surface area contributed by atoms with Gasteiger partial charge in [-0.2, -0.15) is 0 Å². The van der Waals surface area contributed by atoms with Crippen LogP contribution in [0, 0.1) is 0 Å². The van der Waals surface area contributed by atoms with Crippen LogP contribution in [0.1, 0.15) is 20.7 Å². The number of ketones is 1. The Morgan fingerprint density at radius 3 is 3.06 bits per heavy atom. The summed E-state index contributed by atoms with van der Waals surface area (Å²) in [5.41, 5.74) is 0.833. The Morgan fingerprint density at radius 2 is 2.31 bits per heavy atom. The molecular formula is C12H11NO3. The summed E-state index contributed by atoms with van der Waals surface area (Å²) in [6.45, 7) is 4.31. The van der Waals surface area contributed by atoms with Gasteiger partial charge >= 0.3 is 0 Å². The second-order valence-electron chi connectivity index (χ2n) is 3.38. The molecule has 1 amide bonds. The highest BCUT2D eigenvalue weighted by Crippen LogP contribution is 2.22. The number of hydrogen-bond acceptors (Lipinski definition) is 3. The van der Waals surface area contributed by atoms with Crippen LogP contribution in [0.2, 0.25) is 0 Å². The third-order valence-corrected chi connectivity index (χ3v) is 2.34. The standard InChI is InChI=1S/C12H11NO3/c1-2-10(14)8-3-4-11-9(7-8)12(15)13-5-6-16-11/h2-4,7H,1,5-6H2,(H,13,15). The van der Waals surface area contributed by atoms with Gasteiger partial charge < -0.3 is 10.1 Å². The lowest BCUT2D eigenvalue weighted by molar-refractivity contribution is 0.0957. The largest absolute Gasteiger partial charge is 0.491 e. The van der Waals surface area contributed by atoms with E-state index in [1.807, 2.05) is 0 Å². The summed E-state index contributed by atoms with van der Waals surface area (Å²) in [5, 5.41) is 2.68. The first-order valence-corrected chi connectivity index (χ1v) is 4.94. The quantitative estimate of drug-likeness (QED) is 0.597. The van der Waals surface area contributed by atoms with E-state index in [2.05, 4.69) is 11.9 Å². The van der Waals surface area contributed by atoms with Gasteiger partial charge in [-0.1, -0.05) is 6.58 Å². The normalized spacial score (nSPS) is 14.1. The molecule has 2 rings (SSSR count). The molecular weight excluding hydrogens is 206 g/mol. The van der Waals surface area contributed by atoms with E-state index in [1.54, 1.807) is 12.1 Å². The summed E-state index contributed by atoms with van der Waals surface area (Å²) in [4.78, 5) is 23.0. The molecule has 0 aliphatic carbocycles. The molecule has 0 radical (unpaired) electrons. The molecule has 16 heavy (non-hydrogen) atoms. The molecule has 4 heteroatoms. The van der Waals surface area contributed by atoms with Gasteiger partial charge in [-0.15, -0.1) is 0 Å². The number of benzene rings is 1. The summed E-state index contributed by atoms with van der Waals surface area (Å²) in [7, 11) is 0. The lowest BCUT2D eigenvalue weighted by Gasteiger charge is -2.06. The maximum absolute atomic E-state index is 11.6. The predicted octanol–water partition coefficient (Wildman–Crippen LogP) is 1.18. The fourth-order valence-corrected chi connectivity index (χ4v) is 1.53. The first kappa shape index (κ1) is 10.4. The number of allylic oxidation sites excluding steroid dienone is 1. The van der Waals surface area contributed by atoms with Crippen molar-refractivity contribution in [2.45, 2.75) is 0 Å². The third-order valence-electron chi connectivity index (χ3n) is 2.34. The van der Waals surface area contributed by atoms with Crippen molar-refractivity contribution in [2.75, 3.05) is 13.2 Å². The molecule has 0 unspecified atom stereocenters. The van der Waals surface area contributed by atoms with E-state index in [1.165, 1.54) is 12.1 Å². The highest BCUT2D eigenvalue weighted by molar-refractivity contribution is 6.06. The number of carbonyl (C=O) groups excluding carboxylic acids is 2. The first-order valence-electron chi connectivity index (χ1n) is 4.94. The van der Waals surface area contributed by atoms with Crippen molar-refractivity contribution in [2.24, 2.45) is 0 Å². The predicted molar refractivity (Wildman–Crippen MR) is 58.8 cm³/mol. The number of ether oxygens (including phenoxy) is 1. The molecule has 1 heterocycles. The Labute approximate surface area is 92.9 Å². The van der Waals surface area contributed by atoms with Gasteiger partial charge in [0.05, 0.1) is 12.1 Å². The Bertz CT molecular complexity index is 465. The van der Waals surface area contributed by atoms with Crippen LogP contribution in [0.5, 0.6) is 5.75 Å². The maximum atomic E-state index is 11.6. The van der Waals surface area contributed by atoms with Crippen LogP contribution < -0.4 is 10.1 Å². The number of nitrogens with one attached hydrogen (secondary N) is 1. The minimum absolute atomic E-state index is 0.208. The second kappa shape index (κ2) is 4.18. The van der Waals surface area contributed by atoms with Crippen molar-refractivity contribution in [3.63, 3.8) is 0 Å². The lowest BCUT2D eigenvalue weighted by Crippen LogP contribution is -2.24. The van der Waals surface area contributed by atoms with Crippen LogP contribution in [0.3, 0.4) is 0 Å². The molecule has 1 aliphatic rings. The van der Waals surface area contributed by atoms with Crippen molar-refractivity contribution in [1.82, 2.24) is 5.32 Å². The van der Waals surface area contributed by atoms with Crippen LogP contribution >= 0.6 is 0 Å². The van der Waals surface area contributed by atoms with Crippen molar-refractivity contribution >= 4 is 11.7 Å². The zero-order valence-electron chi connectivity index (χ0n) is 8.66. The molecule has 0 fully saturated rings.